The summed E-state index contributed by atoms with van der Waals surface area (Å²) in [7, 11) is 0. The number of amides is 1. The Balaban J connectivity index is 1.92. The van der Waals surface area contributed by atoms with Crippen molar-refractivity contribution in [1.29, 1.82) is 0 Å². The minimum atomic E-state index is -0.558. The second-order valence-corrected chi connectivity index (χ2v) is 6.84. The molecule has 1 saturated heterocycles. The summed E-state index contributed by atoms with van der Waals surface area (Å²) in [5.74, 6) is -0.745. The van der Waals surface area contributed by atoms with Gasteiger partial charge in [-0.05, 0) is 38.8 Å². The highest BCUT2D eigenvalue weighted by atomic mass is 16.6. The summed E-state index contributed by atoms with van der Waals surface area (Å²) < 4.78 is 10.0. The molecule has 1 atom stereocenters. The molecule has 0 unspecified atom stereocenters. The van der Waals surface area contributed by atoms with Gasteiger partial charge in [0.2, 0.25) is 0 Å². The van der Waals surface area contributed by atoms with Gasteiger partial charge in [0.25, 0.3) is 0 Å². The topological polar surface area (TPSA) is 81.7 Å². The lowest BCUT2D eigenvalue weighted by molar-refractivity contribution is -0.141. The van der Waals surface area contributed by atoms with E-state index >= 15 is 0 Å². The number of cyclic esters (lactones) is 1. The molecule has 24 heavy (non-hydrogen) atoms. The van der Waals surface area contributed by atoms with E-state index in [2.05, 4.69) is 5.32 Å². The molecule has 1 heterocycles. The largest absolute Gasteiger partial charge is 0.465 e. The molecule has 1 fully saturated rings. The zero-order chi connectivity index (χ0) is 17.7. The first-order valence-electron chi connectivity index (χ1n) is 8.00. The maximum atomic E-state index is 12.3. The third-order valence-corrected chi connectivity index (χ3v) is 3.56. The lowest BCUT2D eigenvalue weighted by Gasteiger charge is -2.19. The average molecular weight is 333 g/mol. The molecular weight excluding hydrogens is 310 g/mol. The fraction of sp³-hybridized carbons (Fsp3) is 0.500. The molecule has 0 aliphatic carbocycles. The van der Waals surface area contributed by atoms with Crippen LogP contribution >= 0.6 is 0 Å². The first-order chi connectivity index (χ1) is 11.2. The van der Waals surface area contributed by atoms with Gasteiger partial charge in [-0.3, -0.25) is 9.59 Å². The summed E-state index contributed by atoms with van der Waals surface area (Å²) in [6.07, 6.45) is 0.236. The minimum Gasteiger partial charge on any atom is -0.465 e. The second-order valence-electron chi connectivity index (χ2n) is 6.84. The maximum Gasteiger partial charge on any atom is 0.407 e. The quantitative estimate of drug-likeness (QED) is 0.662. The molecule has 6 heteroatoms. The first kappa shape index (κ1) is 18.0. The Labute approximate surface area is 141 Å². The Morgan fingerprint density at radius 1 is 1.33 bits per heavy atom. The van der Waals surface area contributed by atoms with E-state index in [0.29, 0.717) is 18.6 Å². The van der Waals surface area contributed by atoms with Crippen LogP contribution in [0, 0.1) is 5.92 Å². The van der Waals surface area contributed by atoms with E-state index in [9.17, 15) is 14.4 Å². The second kappa shape index (κ2) is 7.47. The van der Waals surface area contributed by atoms with Gasteiger partial charge < -0.3 is 14.8 Å². The van der Waals surface area contributed by atoms with E-state index in [-0.39, 0.29) is 30.6 Å². The summed E-state index contributed by atoms with van der Waals surface area (Å²) in [4.78, 5) is 35.4. The number of hydrogen-bond acceptors (Lipinski definition) is 5. The van der Waals surface area contributed by atoms with Gasteiger partial charge in [-0.2, -0.15) is 0 Å². The highest BCUT2D eigenvalue weighted by molar-refractivity contribution is 5.98. The number of carbonyl (C=O) groups excluding carboxylic acids is 3. The Bertz CT molecular complexity index is 633. The third kappa shape index (κ3) is 5.37. The molecular formula is C18H23NO5. The van der Waals surface area contributed by atoms with Gasteiger partial charge in [0.15, 0.2) is 5.78 Å². The fourth-order valence-corrected chi connectivity index (χ4v) is 2.41. The fourth-order valence-electron chi connectivity index (χ4n) is 2.41. The molecule has 1 aliphatic rings. The summed E-state index contributed by atoms with van der Waals surface area (Å²) in [6, 6.07) is 7.00. The average Bonchev–Trinajstić information content (AvgIpc) is 2.89. The third-order valence-electron chi connectivity index (χ3n) is 3.56. The minimum absolute atomic E-state index is 0.0991. The molecule has 0 saturated carbocycles. The van der Waals surface area contributed by atoms with Crippen LogP contribution in [-0.4, -0.2) is 30.1 Å². The zero-order valence-corrected chi connectivity index (χ0v) is 14.3. The number of rotatable bonds is 5. The van der Waals surface area contributed by atoms with E-state index in [1.807, 2.05) is 6.07 Å². The Morgan fingerprint density at radius 2 is 2.08 bits per heavy atom. The highest BCUT2D eigenvalue weighted by Gasteiger charge is 2.29. The van der Waals surface area contributed by atoms with Crippen molar-refractivity contribution in [2.45, 2.75) is 45.8 Å². The van der Waals surface area contributed by atoms with Gasteiger partial charge in [0.05, 0.1) is 12.5 Å². The summed E-state index contributed by atoms with van der Waals surface area (Å²) in [5, 5.41) is 2.66. The maximum absolute atomic E-state index is 12.3. The predicted molar refractivity (Wildman–Crippen MR) is 87.5 cm³/mol. The molecule has 1 aromatic carbocycles. The van der Waals surface area contributed by atoms with Crippen molar-refractivity contribution in [3.05, 3.63) is 35.4 Å². The molecule has 0 radical (unpaired) electrons. The number of nitrogens with one attached hydrogen (secondary N) is 1. The van der Waals surface area contributed by atoms with Crippen molar-refractivity contribution in [2.75, 3.05) is 6.61 Å². The lowest BCUT2D eigenvalue weighted by Crippen LogP contribution is -2.32. The van der Waals surface area contributed by atoms with Crippen LogP contribution in [0.25, 0.3) is 0 Å². The lowest BCUT2D eigenvalue weighted by atomic mass is 9.96. The number of benzene rings is 1. The van der Waals surface area contributed by atoms with Gasteiger partial charge in [-0.15, -0.1) is 0 Å². The van der Waals surface area contributed by atoms with Gasteiger partial charge in [-0.1, -0.05) is 18.2 Å². The monoisotopic (exact) mass is 333 g/mol. The van der Waals surface area contributed by atoms with Crippen molar-refractivity contribution in [3.8, 4) is 0 Å². The van der Waals surface area contributed by atoms with Crippen LogP contribution < -0.4 is 5.32 Å². The first-order valence-corrected chi connectivity index (χ1v) is 8.00. The molecule has 1 aliphatic heterocycles. The number of alkyl carbamates (subject to hydrolysis) is 1. The zero-order valence-electron chi connectivity index (χ0n) is 14.3. The van der Waals surface area contributed by atoms with E-state index < -0.39 is 11.7 Å². The number of hydrogen-bond donors (Lipinski definition) is 1. The molecule has 0 bridgehead atoms. The van der Waals surface area contributed by atoms with Crippen molar-refractivity contribution in [1.82, 2.24) is 5.32 Å². The van der Waals surface area contributed by atoms with E-state index in [1.165, 1.54) is 0 Å². The number of ether oxygens (including phenoxy) is 2. The Morgan fingerprint density at radius 3 is 2.71 bits per heavy atom. The highest BCUT2D eigenvalue weighted by Crippen LogP contribution is 2.21. The summed E-state index contributed by atoms with van der Waals surface area (Å²) >= 11 is 0. The van der Waals surface area contributed by atoms with Crippen LogP contribution in [0.5, 0.6) is 0 Å². The Kier molecular flexibility index (Phi) is 5.59. The van der Waals surface area contributed by atoms with Crippen LogP contribution in [-0.2, 0) is 20.8 Å². The van der Waals surface area contributed by atoms with Gasteiger partial charge in [0.1, 0.15) is 5.60 Å². The molecule has 1 aromatic rings. The Hall–Kier alpha value is -2.37. The van der Waals surface area contributed by atoms with Gasteiger partial charge >= 0.3 is 12.1 Å². The van der Waals surface area contributed by atoms with Crippen LogP contribution in [0.3, 0.4) is 0 Å². The number of ketones is 1. The van der Waals surface area contributed by atoms with Gasteiger partial charge in [-0.25, -0.2) is 4.79 Å². The van der Waals surface area contributed by atoms with Gasteiger partial charge in [0, 0.05) is 18.5 Å². The van der Waals surface area contributed by atoms with Crippen molar-refractivity contribution >= 4 is 17.8 Å². The predicted octanol–water partition coefficient (Wildman–Crippen LogP) is 2.85. The van der Waals surface area contributed by atoms with Crippen molar-refractivity contribution < 1.29 is 23.9 Å². The SMILES string of the molecule is CC(C)(C)OC(=O)NCc1cccc(C(=O)C[C@H]2CCOC2=O)c1. The smallest absolute Gasteiger partial charge is 0.407 e. The summed E-state index contributed by atoms with van der Waals surface area (Å²) in [5.41, 5.74) is 0.761. The van der Waals surface area contributed by atoms with Crippen molar-refractivity contribution in [3.63, 3.8) is 0 Å². The van der Waals surface area contributed by atoms with Crippen molar-refractivity contribution in [2.24, 2.45) is 5.92 Å². The normalized spacial score (nSPS) is 17.3. The molecule has 130 valence electrons. The van der Waals surface area contributed by atoms with E-state index in [4.69, 9.17) is 9.47 Å². The van der Waals surface area contributed by atoms with E-state index in [1.54, 1.807) is 39.0 Å². The summed E-state index contributed by atoms with van der Waals surface area (Å²) in [6.45, 7) is 6.03. The number of carbonyl (C=O) groups is 3. The molecule has 6 nitrogen and oxygen atoms in total. The molecule has 1 amide bonds. The standard InChI is InChI=1S/C18H23NO5/c1-18(2,3)24-17(22)19-11-12-5-4-6-13(9-12)15(20)10-14-7-8-23-16(14)21/h4-6,9,14H,7-8,10-11H2,1-3H3,(H,19,22)/t14-/m1/s1. The molecule has 0 spiro atoms. The van der Waals surface area contributed by atoms with E-state index in [0.717, 1.165) is 5.56 Å². The number of Topliss-reactive ketones (excluding diaryl/α,β-unsaturated/α-hetero) is 1. The molecule has 1 N–H and O–H groups in total. The molecule has 0 aromatic heterocycles. The van der Waals surface area contributed by atoms with Crippen LogP contribution in [0.1, 0.15) is 49.5 Å². The van der Waals surface area contributed by atoms with Crippen LogP contribution in [0.15, 0.2) is 24.3 Å². The van der Waals surface area contributed by atoms with Crippen LogP contribution in [0.2, 0.25) is 0 Å². The van der Waals surface area contributed by atoms with Crippen LogP contribution in [0.4, 0.5) is 4.79 Å². The molecule has 2 rings (SSSR count). The number of esters is 1.